The second-order valence-electron chi connectivity index (χ2n) is 4.38. The molecule has 2 rings (SSSR count). The Balaban J connectivity index is 2.15. The van der Waals surface area contributed by atoms with Gasteiger partial charge in [0.2, 0.25) is 0 Å². The predicted octanol–water partition coefficient (Wildman–Crippen LogP) is 2.16. The SMILES string of the molecule is C#CCOc1ccccc1/C=N\Nc1cc(C(=O)[O-])ccc1Cl. The molecule has 0 aliphatic rings. The summed E-state index contributed by atoms with van der Waals surface area (Å²) in [6.45, 7) is 0.151. The highest BCUT2D eigenvalue weighted by Crippen LogP contribution is 2.23. The molecular weight excluding hydrogens is 316 g/mol. The third-order valence-corrected chi connectivity index (χ3v) is 3.15. The summed E-state index contributed by atoms with van der Waals surface area (Å²) in [6, 6.07) is 11.4. The number of hydrogen-bond donors (Lipinski definition) is 1. The Morgan fingerprint density at radius 2 is 2.17 bits per heavy atom. The summed E-state index contributed by atoms with van der Waals surface area (Å²) in [7, 11) is 0. The largest absolute Gasteiger partial charge is 0.545 e. The quantitative estimate of drug-likeness (QED) is 0.501. The Bertz CT molecular complexity index is 782. The van der Waals surface area contributed by atoms with Crippen molar-refractivity contribution < 1.29 is 14.6 Å². The minimum Gasteiger partial charge on any atom is -0.545 e. The molecule has 0 fully saturated rings. The van der Waals surface area contributed by atoms with Gasteiger partial charge in [-0.15, -0.1) is 6.42 Å². The predicted molar refractivity (Wildman–Crippen MR) is 87.8 cm³/mol. The van der Waals surface area contributed by atoms with E-state index >= 15 is 0 Å². The van der Waals surface area contributed by atoms with Crippen LogP contribution in [0.4, 0.5) is 5.69 Å². The molecule has 0 aliphatic heterocycles. The van der Waals surface area contributed by atoms with Crippen LogP contribution in [0.2, 0.25) is 5.02 Å². The van der Waals surface area contributed by atoms with Crippen molar-refractivity contribution in [3.63, 3.8) is 0 Å². The first-order valence-electron chi connectivity index (χ1n) is 6.57. The van der Waals surface area contributed by atoms with Crippen LogP contribution in [0, 0.1) is 12.3 Å². The molecule has 0 unspecified atom stereocenters. The standard InChI is InChI=1S/C17H13ClN2O3/c1-2-9-23-16-6-4-3-5-13(16)11-19-20-15-10-12(17(21)22)7-8-14(15)18/h1,3-8,10-11,20H,9H2,(H,21,22)/p-1/b19-11-. The molecule has 5 nitrogen and oxygen atoms in total. The van der Waals surface area contributed by atoms with Gasteiger partial charge in [-0.1, -0.05) is 35.7 Å². The number of nitrogens with one attached hydrogen (secondary N) is 1. The molecule has 0 radical (unpaired) electrons. The van der Waals surface area contributed by atoms with Crippen molar-refractivity contribution in [2.24, 2.45) is 5.10 Å². The number of halogens is 1. The number of para-hydroxylation sites is 1. The number of carboxylic acid groups (broad SMARTS) is 1. The zero-order valence-electron chi connectivity index (χ0n) is 12.0. The zero-order chi connectivity index (χ0) is 16.7. The number of carbonyl (C=O) groups excluding carboxylic acids is 1. The summed E-state index contributed by atoms with van der Waals surface area (Å²) in [5.41, 5.74) is 3.76. The van der Waals surface area contributed by atoms with Gasteiger partial charge in [0.25, 0.3) is 0 Å². The summed E-state index contributed by atoms with van der Waals surface area (Å²) in [4.78, 5) is 10.9. The first-order valence-corrected chi connectivity index (χ1v) is 6.95. The molecule has 0 atom stereocenters. The molecule has 0 spiro atoms. The van der Waals surface area contributed by atoms with E-state index in [9.17, 15) is 9.90 Å². The molecule has 116 valence electrons. The number of hydrazone groups is 1. The fraction of sp³-hybridized carbons (Fsp3) is 0.0588. The van der Waals surface area contributed by atoms with Crippen LogP contribution >= 0.6 is 11.6 Å². The number of carboxylic acids is 1. The van der Waals surface area contributed by atoms with E-state index in [-0.39, 0.29) is 12.2 Å². The van der Waals surface area contributed by atoms with Crippen molar-refractivity contribution in [2.45, 2.75) is 0 Å². The monoisotopic (exact) mass is 327 g/mol. The number of rotatable bonds is 6. The Morgan fingerprint density at radius 1 is 1.39 bits per heavy atom. The lowest BCUT2D eigenvalue weighted by atomic mass is 10.2. The Kier molecular flexibility index (Phi) is 5.61. The Hall–Kier alpha value is -2.97. The average molecular weight is 328 g/mol. The van der Waals surface area contributed by atoms with E-state index in [1.807, 2.05) is 12.1 Å². The van der Waals surface area contributed by atoms with Crippen LogP contribution in [0.1, 0.15) is 15.9 Å². The first-order chi connectivity index (χ1) is 11.1. The minimum atomic E-state index is -1.29. The lowest BCUT2D eigenvalue weighted by Crippen LogP contribution is -2.22. The van der Waals surface area contributed by atoms with Gasteiger partial charge in [0.15, 0.2) is 0 Å². The molecule has 23 heavy (non-hydrogen) atoms. The Morgan fingerprint density at radius 3 is 2.91 bits per heavy atom. The van der Waals surface area contributed by atoms with Crippen molar-refractivity contribution >= 4 is 29.5 Å². The van der Waals surface area contributed by atoms with Gasteiger partial charge in [0.05, 0.1) is 22.9 Å². The zero-order valence-corrected chi connectivity index (χ0v) is 12.7. The first kappa shape index (κ1) is 16.4. The number of aromatic carboxylic acids is 1. The molecule has 2 aromatic rings. The molecule has 6 heteroatoms. The molecule has 2 aromatic carbocycles. The summed E-state index contributed by atoms with van der Waals surface area (Å²) in [6.07, 6.45) is 6.69. The van der Waals surface area contributed by atoms with E-state index in [0.717, 1.165) is 0 Å². The van der Waals surface area contributed by atoms with Gasteiger partial charge in [0.1, 0.15) is 12.4 Å². The number of benzene rings is 2. The summed E-state index contributed by atoms with van der Waals surface area (Å²) < 4.78 is 5.40. The molecule has 0 heterocycles. The van der Waals surface area contributed by atoms with Crippen LogP contribution in [0.15, 0.2) is 47.6 Å². The maximum atomic E-state index is 10.9. The summed E-state index contributed by atoms with van der Waals surface area (Å²) in [5.74, 6) is 1.69. The van der Waals surface area contributed by atoms with Crippen molar-refractivity contribution in [3.05, 3.63) is 58.6 Å². The molecular formula is C17H12ClN2O3-. The highest BCUT2D eigenvalue weighted by Gasteiger charge is 2.03. The van der Waals surface area contributed by atoms with Gasteiger partial charge >= 0.3 is 0 Å². The van der Waals surface area contributed by atoms with E-state index in [1.165, 1.54) is 24.4 Å². The highest BCUT2D eigenvalue weighted by molar-refractivity contribution is 6.33. The van der Waals surface area contributed by atoms with Crippen LogP contribution in [0.25, 0.3) is 0 Å². The smallest absolute Gasteiger partial charge is 0.148 e. The molecule has 0 saturated carbocycles. The third kappa shape index (κ3) is 4.50. The highest BCUT2D eigenvalue weighted by atomic mass is 35.5. The fourth-order valence-corrected chi connectivity index (χ4v) is 1.91. The van der Waals surface area contributed by atoms with Crippen molar-refractivity contribution in [2.75, 3.05) is 12.0 Å². The maximum absolute atomic E-state index is 10.9. The number of terminal acetylenes is 1. The second kappa shape index (κ2) is 7.87. The number of carbonyl (C=O) groups is 1. The average Bonchev–Trinajstić information content (AvgIpc) is 2.55. The van der Waals surface area contributed by atoms with E-state index in [4.69, 9.17) is 22.8 Å². The lowest BCUT2D eigenvalue weighted by Gasteiger charge is -2.08. The topological polar surface area (TPSA) is 73.8 Å². The minimum absolute atomic E-state index is 0.00449. The number of nitrogens with zero attached hydrogens (tertiary/aromatic N) is 1. The fourth-order valence-electron chi connectivity index (χ4n) is 1.75. The van der Waals surface area contributed by atoms with Gasteiger partial charge in [-0.2, -0.15) is 5.10 Å². The maximum Gasteiger partial charge on any atom is 0.148 e. The van der Waals surface area contributed by atoms with E-state index in [0.29, 0.717) is 22.0 Å². The molecule has 0 amide bonds. The third-order valence-electron chi connectivity index (χ3n) is 2.82. The van der Waals surface area contributed by atoms with Gasteiger partial charge in [-0.05, 0) is 29.8 Å². The normalized spacial score (nSPS) is 10.3. The van der Waals surface area contributed by atoms with Crippen LogP contribution in [-0.4, -0.2) is 18.8 Å². The van der Waals surface area contributed by atoms with Gasteiger partial charge in [0, 0.05) is 5.56 Å². The number of ether oxygens (including phenoxy) is 1. The lowest BCUT2D eigenvalue weighted by molar-refractivity contribution is -0.255. The summed E-state index contributed by atoms with van der Waals surface area (Å²) in [5, 5.41) is 15.2. The van der Waals surface area contributed by atoms with Gasteiger partial charge in [-0.25, -0.2) is 0 Å². The second-order valence-corrected chi connectivity index (χ2v) is 4.79. The Labute approximate surface area is 138 Å². The van der Waals surface area contributed by atoms with E-state index in [2.05, 4.69) is 16.4 Å². The van der Waals surface area contributed by atoms with Crippen LogP contribution < -0.4 is 15.3 Å². The molecule has 0 bridgehead atoms. The van der Waals surface area contributed by atoms with E-state index in [1.54, 1.807) is 12.1 Å². The van der Waals surface area contributed by atoms with Crippen LogP contribution in [-0.2, 0) is 0 Å². The number of anilines is 1. The molecule has 0 aliphatic carbocycles. The van der Waals surface area contributed by atoms with Crippen molar-refractivity contribution in [3.8, 4) is 18.1 Å². The molecule has 1 N–H and O–H groups in total. The molecule has 0 saturated heterocycles. The van der Waals surface area contributed by atoms with Crippen LogP contribution in [0.5, 0.6) is 5.75 Å². The van der Waals surface area contributed by atoms with Gasteiger partial charge < -0.3 is 14.6 Å². The van der Waals surface area contributed by atoms with Crippen LogP contribution in [0.3, 0.4) is 0 Å². The van der Waals surface area contributed by atoms with E-state index < -0.39 is 5.97 Å². The van der Waals surface area contributed by atoms with Gasteiger partial charge in [-0.3, -0.25) is 5.43 Å². The van der Waals surface area contributed by atoms with Crippen molar-refractivity contribution in [1.29, 1.82) is 0 Å². The van der Waals surface area contributed by atoms with Crippen molar-refractivity contribution in [1.82, 2.24) is 0 Å². The molecule has 0 aromatic heterocycles. The summed E-state index contributed by atoms with van der Waals surface area (Å²) >= 11 is 5.99. The number of hydrogen-bond acceptors (Lipinski definition) is 5.